The lowest BCUT2D eigenvalue weighted by molar-refractivity contribution is 0.941. The number of H-pyrrole nitrogens is 1. The van der Waals surface area contributed by atoms with Crippen molar-refractivity contribution < 1.29 is 0 Å². The van der Waals surface area contributed by atoms with Crippen LogP contribution in [0.1, 0.15) is 0 Å². The fourth-order valence-corrected chi connectivity index (χ4v) is 0.565. The average molecular weight is 140 g/mol. The maximum absolute atomic E-state index is 10.5. The molecule has 0 bridgehead atoms. The zero-order valence-electron chi connectivity index (χ0n) is 5.53. The zero-order valence-corrected chi connectivity index (χ0v) is 5.53. The number of rotatable bonds is 1. The number of aromatic nitrogens is 2. The van der Waals surface area contributed by atoms with Crippen LogP contribution in [0.15, 0.2) is 17.1 Å². The van der Waals surface area contributed by atoms with Crippen LogP contribution in [0.2, 0.25) is 0 Å². The molecule has 54 valence electrons. The van der Waals surface area contributed by atoms with Crippen molar-refractivity contribution in [1.29, 1.82) is 0 Å². The van der Waals surface area contributed by atoms with Gasteiger partial charge in [-0.05, 0) is 6.07 Å². The summed E-state index contributed by atoms with van der Waals surface area (Å²) in [6.07, 6.45) is 1.40. The summed E-state index contributed by atoms with van der Waals surface area (Å²) in [6, 6.07) is 1.61. The van der Waals surface area contributed by atoms with Crippen molar-refractivity contribution in [3.8, 4) is 0 Å². The number of anilines is 1. The van der Waals surface area contributed by atoms with E-state index >= 15 is 0 Å². The van der Waals surface area contributed by atoms with Gasteiger partial charge >= 0.3 is 5.69 Å². The van der Waals surface area contributed by atoms with Gasteiger partial charge in [0.1, 0.15) is 5.82 Å². The quantitative estimate of drug-likeness (QED) is 0.390. The van der Waals surface area contributed by atoms with Crippen molar-refractivity contribution in [3.63, 3.8) is 0 Å². The van der Waals surface area contributed by atoms with E-state index < -0.39 is 5.69 Å². The van der Waals surface area contributed by atoms with Crippen LogP contribution in [0.3, 0.4) is 0 Å². The van der Waals surface area contributed by atoms with Gasteiger partial charge in [0, 0.05) is 13.2 Å². The fourth-order valence-electron chi connectivity index (χ4n) is 0.565. The van der Waals surface area contributed by atoms with Crippen molar-refractivity contribution in [1.82, 2.24) is 9.97 Å². The maximum Gasteiger partial charge on any atom is 0.346 e. The average Bonchev–Trinajstić information content (AvgIpc) is 1.88. The van der Waals surface area contributed by atoms with Crippen molar-refractivity contribution in [2.45, 2.75) is 0 Å². The Labute approximate surface area is 57.5 Å². The lowest BCUT2D eigenvalue weighted by Gasteiger charge is -2.09. The van der Waals surface area contributed by atoms with Crippen LogP contribution in [0.5, 0.6) is 0 Å². The van der Waals surface area contributed by atoms with Gasteiger partial charge in [0.15, 0.2) is 0 Å². The lowest BCUT2D eigenvalue weighted by atomic mass is 10.6. The van der Waals surface area contributed by atoms with Gasteiger partial charge in [-0.1, -0.05) is 0 Å². The SMILES string of the molecule is CN(N)c1ccnc(=O)[nH]1. The number of hydrazine groups is 1. The van der Waals surface area contributed by atoms with E-state index in [4.69, 9.17) is 5.84 Å². The van der Waals surface area contributed by atoms with Crippen molar-refractivity contribution in [3.05, 3.63) is 22.7 Å². The monoisotopic (exact) mass is 140 g/mol. The molecule has 0 unspecified atom stereocenters. The van der Waals surface area contributed by atoms with Crippen LogP contribution in [0.4, 0.5) is 5.82 Å². The molecule has 0 radical (unpaired) electrons. The van der Waals surface area contributed by atoms with Gasteiger partial charge in [0.25, 0.3) is 0 Å². The Balaban J connectivity index is 3.07. The fraction of sp³-hybridized carbons (Fsp3) is 0.200. The second-order valence-corrected chi connectivity index (χ2v) is 1.87. The molecule has 0 saturated heterocycles. The molecule has 1 rings (SSSR count). The van der Waals surface area contributed by atoms with E-state index in [1.807, 2.05) is 0 Å². The van der Waals surface area contributed by atoms with E-state index in [9.17, 15) is 4.79 Å². The largest absolute Gasteiger partial charge is 0.346 e. The second-order valence-electron chi connectivity index (χ2n) is 1.87. The van der Waals surface area contributed by atoms with Crippen molar-refractivity contribution in [2.75, 3.05) is 12.1 Å². The summed E-state index contributed by atoms with van der Waals surface area (Å²) in [6.45, 7) is 0. The summed E-state index contributed by atoms with van der Waals surface area (Å²) >= 11 is 0. The van der Waals surface area contributed by atoms with E-state index in [2.05, 4.69) is 9.97 Å². The van der Waals surface area contributed by atoms with Gasteiger partial charge in [-0.25, -0.2) is 15.6 Å². The van der Waals surface area contributed by atoms with Gasteiger partial charge < -0.3 is 0 Å². The van der Waals surface area contributed by atoms with Gasteiger partial charge in [0.05, 0.1) is 0 Å². The molecule has 0 atom stereocenters. The third kappa shape index (κ3) is 1.32. The minimum absolute atomic E-state index is 0.394. The molecule has 1 heterocycles. The Kier molecular flexibility index (Phi) is 1.68. The molecule has 1 aromatic rings. The Hall–Kier alpha value is -1.36. The second kappa shape index (κ2) is 2.49. The molecule has 3 N–H and O–H groups in total. The Morgan fingerprint density at radius 2 is 2.50 bits per heavy atom. The summed E-state index contributed by atoms with van der Waals surface area (Å²) in [5.41, 5.74) is -0.394. The van der Waals surface area contributed by atoms with Gasteiger partial charge in [-0.15, -0.1) is 0 Å². The minimum Gasteiger partial charge on any atom is -0.299 e. The predicted octanol–water partition coefficient (Wildman–Crippen LogP) is -0.920. The number of aromatic amines is 1. The summed E-state index contributed by atoms with van der Waals surface area (Å²) in [7, 11) is 1.63. The highest BCUT2D eigenvalue weighted by Crippen LogP contribution is 1.96. The van der Waals surface area contributed by atoms with Crippen molar-refractivity contribution in [2.24, 2.45) is 5.84 Å². The lowest BCUT2D eigenvalue weighted by Crippen LogP contribution is -2.28. The first-order chi connectivity index (χ1) is 4.70. The standard InChI is InChI=1S/C5H8N4O/c1-9(6)4-2-3-7-5(10)8-4/h2-3H,6H2,1H3,(H,7,8,10). The molecule has 0 aliphatic rings. The summed E-state index contributed by atoms with van der Waals surface area (Å²) in [5.74, 6) is 5.86. The Morgan fingerprint density at radius 1 is 1.80 bits per heavy atom. The Morgan fingerprint density at radius 3 is 2.90 bits per heavy atom. The van der Waals surface area contributed by atoms with Gasteiger partial charge in [0.2, 0.25) is 0 Å². The van der Waals surface area contributed by atoms with Gasteiger partial charge in [-0.2, -0.15) is 0 Å². The first-order valence-corrected chi connectivity index (χ1v) is 2.74. The highest BCUT2D eigenvalue weighted by Gasteiger charge is 1.93. The van der Waals surface area contributed by atoms with E-state index in [1.54, 1.807) is 13.1 Å². The molecule has 0 fully saturated rings. The molecule has 0 aromatic carbocycles. The molecule has 5 heteroatoms. The minimum atomic E-state index is -0.394. The number of nitrogens with two attached hydrogens (primary N) is 1. The highest BCUT2D eigenvalue weighted by atomic mass is 16.1. The molecule has 5 nitrogen and oxygen atoms in total. The molecule has 0 amide bonds. The van der Waals surface area contributed by atoms with Crippen LogP contribution in [0, 0.1) is 0 Å². The summed E-state index contributed by atoms with van der Waals surface area (Å²) < 4.78 is 0. The van der Waals surface area contributed by atoms with Gasteiger partial charge in [-0.3, -0.25) is 9.99 Å². The van der Waals surface area contributed by atoms with Crippen LogP contribution in [-0.4, -0.2) is 17.0 Å². The highest BCUT2D eigenvalue weighted by molar-refractivity contribution is 5.32. The first kappa shape index (κ1) is 6.76. The predicted molar refractivity (Wildman–Crippen MR) is 37.4 cm³/mol. The Bertz CT molecular complexity index is 266. The zero-order chi connectivity index (χ0) is 7.56. The van der Waals surface area contributed by atoms with E-state index in [0.717, 1.165) is 0 Å². The van der Waals surface area contributed by atoms with Crippen LogP contribution in [0.25, 0.3) is 0 Å². The molecule has 0 aliphatic heterocycles. The number of hydrogen-bond acceptors (Lipinski definition) is 4. The number of nitrogens with one attached hydrogen (secondary N) is 1. The first-order valence-electron chi connectivity index (χ1n) is 2.74. The van der Waals surface area contributed by atoms with Crippen LogP contribution >= 0.6 is 0 Å². The molecule has 1 aromatic heterocycles. The van der Waals surface area contributed by atoms with E-state index in [-0.39, 0.29) is 0 Å². The molecule has 10 heavy (non-hydrogen) atoms. The number of nitrogens with zero attached hydrogens (tertiary/aromatic N) is 2. The maximum atomic E-state index is 10.5. The molecular formula is C5H8N4O. The van der Waals surface area contributed by atoms with E-state index in [0.29, 0.717) is 5.82 Å². The number of hydrogen-bond donors (Lipinski definition) is 2. The smallest absolute Gasteiger partial charge is 0.299 e. The summed E-state index contributed by atoms with van der Waals surface area (Å²) in [4.78, 5) is 16.4. The topological polar surface area (TPSA) is 75.0 Å². The third-order valence-corrected chi connectivity index (χ3v) is 1.04. The third-order valence-electron chi connectivity index (χ3n) is 1.04. The molecule has 0 spiro atoms. The molecular weight excluding hydrogens is 132 g/mol. The molecule has 0 aliphatic carbocycles. The van der Waals surface area contributed by atoms with E-state index in [1.165, 1.54) is 11.2 Å². The van der Waals surface area contributed by atoms with Crippen molar-refractivity contribution >= 4 is 5.82 Å². The van der Waals surface area contributed by atoms with Crippen LogP contribution < -0.4 is 16.5 Å². The summed E-state index contributed by atoms with van der Waals surface area (Å²) in [5, 5.41) is 1.31. The van der Waals surface area contributed by atoms with Crippen LogP contribution in [-0.2, 0) is 0 Å². The molecule has 0 saturated carbocycles. The normalized spacial score (nSPS) is 9.40.